The Labute approximate surface area is 233 Å². The summed E-state index contributed by atoms with van der Waals surface area (Å²) in [6.07, 6.45) is 5.35. The van der Waals surface area contributed by atoms with Crippen LogP contribution in [0.25, 0.3) is 0 Å². The van der Waals surface area contributed by atoms with Crippen LogP contribution in [0.15, 0.2) is 0 Å². The van der Waals surface area contributed by atoms with Crippen LogP contribution in [0.5, 0.6) is 0 Å². The van der Waals surface area contributed by atoms with Gasteiger partial charge >= 0.3 is 0 Å². The summed E-state index contributed by atoms with van der Waals surface area (Å²) in [4.78, 5) is 11.8. The van der Waals surface area contributed by atoms with E-state index in [2.05, 4.69) is 11.2 Å². The normalized spacial score (nSPS) is 11.1. The number of amides is 1. The van der Waals surface area contributed by atoms with Crippen LogP contribution >= 0.6 is 0 Å². The maximum Gasteiger partial charge on any atom is 0.222 e. The van der Waals surface area contributed by atoms with Gasteiger partial charge in [0.05, 0.1) is 126 Å². The summed E-state index contributed by atoms with van der Waals surface area (Å²) in [7, 11) is 0. The minimum atomic E-state index is -0.0850. The van der Waals surface area contributed by atoms with E-state index < -0.39 is 0 Å². The van der Waals surface area contributed by atoms with Gasteiger partial charge < -0.3 is 58.4 Å². The Hall–Kier alpha value is -1.41. The lowest BCUT2D eigenvalue weighted by Crippen LogP contribution is -2.28. The molecule has 0 bridgehead atoms. The molecule has 13 heteroatoms. The standard InChI is InChI=1S/C26H50N2O11/c1-2-6-30-10-14-34-18-22-38-23-19-35-15-11-31-7-3-26(29)28-5-9-33-13-17-37-21-25-39-24-20-36-16-12-32-8-4-27/h1H,3-25,27H2,(H,28,29). The van der Waals surface area contributed by atoms with Crippen molar-refractivity contribution in [3.05, 3.63) is 0 Å². The maximum atomic E-state index is 11.8. The van der Waals surface area contributed by atoms with Gasteiger partial charge in [0.15, 0.2) is 0 Å². The third-order valence-electron chi connectivity index (χ3n) is 4.47. The minimum Gasteiger partial charge on any atom is -0.379 e. The van der Waals surface area contributed by atoms with Crippen LogP contribution in [0.4, 0.5) is 0 Å². The fraction of sp³-hybridized carbons (Fsp3) is 0.885. The number of carbonyl (C=O) groups excluding carboxylic acids is 1. The third kappa shape index (κ3) is 34.6. The van der Waals surface area contributed by atoms with Gasteiger partial charge in [-0.15, -0.1) is 6.42 Å². The Morgan fingerprint density at radius 2 is 0.846 bits per heavy atom. The molecule has 0 spiro atoms. The monoisotopic (exact) mass is 566 g/mol. The minimum absolute atomic E-state index is 0.0850. The van der Waals surface area contributed by atoms with Crippen LogP contribution in [-0.4, -0.2) is 151 Å². The predicted octanol–water partition coefficient (Wildman–Crippen LogP) is -0.749. The van der Waals surface area contributed by atoms with Gasteiger partial charge in [0.2, 0.25) is 5.91 Å². The largest absolute Gasteiger partial charge is 0.379 e. The first-order chi connectivity index (χ1) is 19.3. The summed E-state index contributed by atoms with van der Waals surface area (Å²) in [6, 6.07) is 0. The van der Waals surface area contributed by atoms with E-state index in [0.717, 1.165) is 0 Å². The van der Waals surface area contributed by atoms with Crippen molar-refractivity contribution in [2.45, 2.75) is 6.42 Å². The second kappa shape index (κ2) is 34.6. The Kier molecular flexibility index (Phi) is 33.4. The Morgan fingerprint density at radius 1 is 0.513 bits per heavy atom. The highest BCUT2D eigenvalue weighted by molar-refractivity contribution is 5.75. The van der Waals surface area contributed by atoms with Crippen molar-refractivity contribution in [3.63, 3.8) is 0 Å². The fourth-order valence-electron chi connectivity index (χ4n) is 2.59. The molecule has 0 aromatic carbocycles. The van der Waals surface area contributed by atoms with E-state index in [1.54, 1.807) is 0 Å². The molecule has 0 saturated heterocycles. The number of ether oxygens (including phenoxy) is 10. The molecule has 0 aliphatic carbocycles. The Balaban J connectivity index is 3.14. The lowest BCUT2D eigenvalue weighted by Gasteiger charge is -2.09. The molecule has 0 aromatic heterocycles. The van der Waals surface area contributed by atoms with Gasteiger partial charge in [-0.1, -0.05) is 5.92 Å². The van der Waals surface area contributed by atoms with Crippen molar-refractivity contribution in [1.29, 1.82) is 0 Å². The summed E-state index contributed by atoms with van der Waals surface area (Å²) in [5, 5.41) is 2.78. The molecule has 0 rings (SSSR count). The van der Waals surface area contributed by atoms with Gasteiger partial charge in [-0.25, -0.2) is 0 Å². The van der Waals surface area contributed by atoms with Crippen molar-refractivity contribution in [3.8, 4) is 12.3 Å². The number of nitrogens with one attached hydrogen (secondary N) is 1. The molecular formula is C26H50N2O11. The molecule has 0 unspecified atom stereocenters. The van der Waals surface area contributed by atoms with Gasteiger partial charge in [-0.2, -0.15) is 0 Å². The van der Waals surface area contributed by atoms with Crippen molar-refractivity contribution >= 4 is 5.91 Å². The molecule has 39 heavy (non-hydrogen) atoms. The first-order valence-corrected chi connectivity index (χ1v) is 13.5. The molecule has 13 nitrogen and oxygen atoms in total. The van der Waals surface area contributed by atoms with Gasteiger partial charge in [0.1, 0.15) is 6.61 Å². The van der Waals surface area contributed by atoms with E-state index in [4.69, 9.17) is 59.5 Å². The summed E-state index contributed by atoms with van der Waals surface area (Å²) in [6.45, 7) is 10.3. The van der Waals surface area contributed by atoms with E-state index >= 15 is 0 Å². The number of rotatable bonds is 33. The number of carbonyl (C=O) groups is 1. The topological polar surface area (TPSA) is 147 Å². The Morgan fingerprint density at radius 3 is 1.23 bits per heavy atom. The molecule has 0 aromatic rings. The lowest BCUT2D eigenvalue weighted by atomic mass is 10.4. The van der Waals surface area contributed by atoms with Crippen molar-refractivity contribution < 1.29 is 52.2 Å². The zero-order chi connectivity index (χ0) is 28.3. The van der Waals surface area contributed by atoms with Crippen molar-refractivity contribution in [2.24, 2.45) is 5.73 Å². The summed E-state index contributed by atoms with van der Waals surface area (Å²) >= 11 is 0. The molecular weight excluding hydrogens is 516 g/mol. The highest BCUT2D eigenvalue weighted by Crippen LogP contribution is 1.87. The lowest BCUT2D eigenvalue weighted by molar-refractivity contribution is -0.122. The van der Waals surface area contributed by atoms with E-state index in [0.29, 0.717) is 145 Å². The first kappa shape index (κ1) is 37.6. The number of nitrogens with two attached hydrogens (primary N) is 1. The molecule has 0 atom stereocenters. The second-order valence-electron chi connectivity index (χ2n) is 7.66. The van der Waals surface area contributed by atoms with Gasteiger partial charge in [0.25, 0.3) is 0 Å². The second-order valence-corrected chi connectivity index (χ2v) is 7.66. The third-order valence-corrected chi connectivity index (χ3v) is 4.47. The Bertz CT molecular complexity index is 539. The molecule has 0 aliphatic rings. The highest BCUT2D eigenvalue weighted by atomic mass is 16.6. The molecule has 3 N–H and O–H groups in total. The molecule has 0 heterocycles. The molecule has 0 radical (unpaired) electrons. The van der Waals surface area contributed by atoms with Crippen LogP contribution in [0.3, 0.4) is 0 Å². The van der Waals surface area contributed by atoms with Gasteiger partial charge in [-0.3, -0.25) is 4.79 Å². The molecule has 0 saturated carbocycles. The number of hydrogen-bond donors (Lipinski definition) is 2. The van der Waals surface area contributed by atoms with Gasteiger partial charge in [-0.05, 0) is 0 Å². The average molecular weight is 567 g/mol. The highest BCUT2D eigenvalue weighted by Gasteiger charge is 2.01. The predicted molar refractivity (Wildman–Crippen MR) is 144 cm³/mol. The van der Waals surface area contributed by atoms with E-state index in [1.165, 1.54) is 0 Å². The molecule has 0 aliphatic heterocycles. The summed E-state index contributed by atoms with van der Waals surface area (Å²) in [5.41, 5.74) is 5.32. The molecule has 0 fully saturated rings. The molecule has 230 valence electrons. The van der Waals surface area contributed by atoms with Crippen LogP contribution < -0.4 is 11.1 Å². The smallest absolute Gasteiger partial charge is 0.222 e. The molecule has 1 amide bonds. The van der Waals surface area contributed by atoms with Crippen LogP contribution in [0, 0.1) is 12.3 Å². The van der Waals surface area contributed by atoms with Crippen molar-refractivity contribution in [1.82, 2.24) is 5.32 Å². The van der Waals surface area contributed by atoms with Crippen LogP contribution in [0.1, 0.15) is 6.42 Å². The average Bonchev–Trinajstić information content (AvgIpc) is 2.94. The number of hydrogen-bond acceptors (Lipinski definition) is 12. The van der Waals surface area contributed by atoms with Crippen LogP contribution in [-0.2, 0) is 52.2 Å². The van der Waals surface area contributed by atoms with E-state index in [9.17, 15) is 4.79 Å². The summed E-state index contributed by atoms with van der Waals surface area (Å²) < 4.78 is 53.4. The van der Waals surface area contributed by atoms with Gasteiger partial charge in [0, 0.05) is 19.5 Å². The number of terminal acetylenes is 1. The van der Waals surface area contributed by atoms with E-state index in [-0.39, 0.29) is 12.3 Å². The van der Waals surface area contributed by atoms with E-state index in [1.807, 2.05) is 0 Å². The zero-order valence-electron chi connectivity index (χ0n) is 23.4. The zero-order valence-corrected chi connectivity index (χ0v) is 23.4. The maximum absolute atomic E-state index is 11.8. The first-order valence-electron chi connectivity index (χ1n) is 13.5. The van der Waals surface area contributed by atoms with Crippen molar-refractivity contribution in [2.75, 3.05) is 145 Å². The van der Waals surface area contributed by atoms with Crippen LogP contribution in [0.2, 0.25) is 0 Å². The quantitative estimate of drug-likeness (QED) is 0.0761. The SMILES string of the molecule is C#CCOCCOCCOCCOCCOCCC(=O)NCCOCCOCCOCCOCCOCCN. The fourth-order valence-corrected chi connectivity index (χ4v) is 2.59. The summed E-state index contributed by atoms with van der Waals surface area (Å²) in [5.74, 6) is 2.30.